The minimum absolute atomic E-state index is 0.236. The average Bonchev–Trinajstić information content (AvgIpc) is 2.40. The van der Waals surface area contributed by atoms with Gasteiger partial charge < -0.3 is 14.6 Å². The molecule has 100 valence electrons. The van der Waals surface area contributed by atoms with Crippen molar-refractivity contribution in [2.24, 2.45) is 0 Å². The molecule has 0 bridgehead atoms. The van der Waals surface area contributed by atoms with Gasteiger partial charge in [0.05, 0.1) is 6.20 Å². The highest BCUT2D eigenvalue weighted by atomic mass is 19.1. The van der Waals surface area contributed by atoms with E-state index in [2.05, 4.69) is 4.98 Å². The fourth-order valence-corrected chi connectivity index (χ4v) is 2.39. The summed E-state index contributed by atoms with van der Waals surface area (Å²) in [6, 6.07) is 1.50. The molecule has 18 heavy (non-hydrogen) atoms. The van der Waals surface area contributed by atoms with E-state index in [1.807, 2.05) is 6.92 Å². The zero-order valence-corrected chi connectivity index (χ0v) is 10.4. The second kappa shape index (κ2) is 5.73. The van der Waals surface area contributed by atoms with Crippen molar-refractivity contribution >= 4 is 0 Å². The Labute approximate surface area is 106 Å². The van der Waals surface area contributed by atoms with Gasteiger partial charge in [-0.15, -0.1) is 0 Å². The van der Waals surface area contributed by atoms with E-state index >= 15 is 0 Å². The summed E-state index contributed by atoms with van der Waals surface area (Å²) < 4.78 is 24.7. The Morgan fingerprint density at radius 3 is 2.89 bits per heavy atom. The van der Waals surface area contributed by atoms with Crippen molar-refractivity contribution in [1.29, 1.82) is 0 Å². The van der Waals surface area contributed by atoms with Crippen LogP contribution >= 0.6 is 0 Å². The molecule has 0 aromatic carbocycles. The lowest BCUT2D eigenvalue weighted by molar-refractivity contribution is -0.168. The van der Waals surface area contributed by atoms with E-state index in [-0.39, 0.29) is 5.56 Å². The van der Waals surface area contributed by atoms with Crippen molar-refractivity contribution in [2.75, 3.05) is 19.8 Å². The molecule has 4 nitrogen and oxygen atoms in total. The fraction of sp³-hybridized carbons (Fsp3) is 0.615. The Morgan fingerprint density at radius 2 is 2.28 bits per heavy atom. The van der Waals surface area contributed by atoms with Gasteiger partial charge in [-0.2, -0.15) is 0 Å². The van der Waals surface area contributed by atoms with E-state index in [9.17, 15) is 9.50 Å². The number of aliphatic hydroxyl groups excluding tert-OH is 1. The van der Waals surface area contributed by atoms with Gasteiger partial charge in [0, 0.05) is 44.4 Å². The molecule has 2 heterocycles. The third-order valence-electron chi connectivity index (χ3n) is 3.37. The predicted octanol–water partition coefficient (Wildman–Crippen LogP) is 1.84. The second-order valence-electron chi connectivity index (χ2n) is 4.41. The summed E-state index contributed by atoms with van der Waals surface area (Å²) in [5.74, 6) is -0.504. The Hall–Kier alpha value is -1.04. The van der Waals surface area contributed by atoms with E-state index in [0.29, 0.717) is 32.7 Å². The first kappa shape index (κ1) is 13.4. The normalized spacial score (nSPS) is 20.6. The molecule has 0 radical (unpaired) electrons. The van der Waals surface area contributed by atoms with E-state index < -0.39 is 17.5 Å². The molecule has 0 amide bonds. The van der Waals surface area contributed by atoms with Crippen molar-refractivity contribution in [3.05, 3.63) is 29.8 Å². The van der Waals surface area contributed by atoms with E-state index in [4.69, 9.17) is 9.47 Å². The SMILES string of the molecule is CCOC1(C(O)c2ccncc2F)CCOCC1. The number of rotatable bonds is 4. The van der Waals surface area contributed by atoms with Gasteiger partial charge in [0.15, 0.2) is 0 Å². The Morgan fingerprint density at radius 1 is 1.56 bits per heavy atom. The predicted molar refractivity (Wildman–Crippen MR) is 63.6 cm³/mol. The Balaban J connectivity index is 2.28. The molecule has 1 fully saturated rings. The molecule has 0 aliphatic carbocycles. The van der Waals surface area contributed by atoms with Crippen LogP contribution in [0.25, 0.3) is 0 Å². The van der Waals surface area contributed by atoms with Crippen LogP contribution in [0.3, 0.4) is 0 Å². The van der Waals surface area contributed by atoms with Crippen LogP contribution in [-0.4, -0.2) is 35.5 Å². The smallest absolute Gasteiger partial charge is 0.147 e. The van der Waals surface area contributed by atoms with Gasteiger partial charge in [-0.05, 0) is 13.0 Å². The molecule has 1 atom stereocenters. The van der Waals surface area contributed by atoms with Gasteiger partial charge in [-0.3, -0.25) is 4.98 Å². The molecule has 1 aromatic rings. The van der Waals surface area contributed by atoms with Crippen LogP contribution in [0.5, 0.6) is 0 Å². The number of ether oxygens (including phenoxy) is 2. The van der Waals surface area contributed by atoms with Crippen molar-refractivity contribution in [1.82, 2.24) is 4.98 Å². The summed E-state index contributed by atoms with van der Waals surface area (Å²) >= 11 is 0. The molecule has 1 aliphatic heterocycles. The van der Waals surface area contributed by atoms with Crippen molar-refractivity contribution < 1.29 is 19.0 Å². The number of aromatic nitrogens is 1. The van der Waals surface area contributed by atoms with Gasteiger partial charge >= 0.3 is 0 Å². The number of halogens is 1. The first-order chi connectivity index (χ1) is 8.69. The van der Waals surface area contributed by atoms with Gasteiger partial charge in [0.2, 0.25) is 0 Å². The number of hydrogen-bond acceptors (Lipinski definition) is 4. The maximum absolute atomic E-state index is 13.7. The summed E-state index contributed by atoms with van der Waals surface area (Å²) in [6.45, 7) is 3.38. The molecule has 1 aromatic heterocycles. The number of pyridine rings is 1. The summed E-state index contributed by atoms with van der Waals surface area (Å²) in [7, 11) is 0. The van der Waals surface area contributed by atoms with Crippen LogP contribution in [0.1, 0.15) is 31.4 Å². The molecule has 0 saturated carbocycles. The zero-order chi connectivity index (χ0) is 13.0. The third kappa shape index (κ3) is 2.53. The quantitative estimate of drug-likeness (QED) is 0.892. The van der Waals surface area contributed by atoms with Crippen molar-refractivity contribution in [3.8, 4) is 0 Å². The van der Waals surface area contributed by atoms with Crippen molar-refractivity contribution in [2.45, 2.75) is 31.5 Å². The lowest BCUT2D eigenvalue weighted by Crippen LogP contribution is -2.45. The largest absolute Gasteiger partial charge is 0.385 e. The third-order valence-corrected chi connectivity index (χ3v) is 3.37. The molecule has 1 aliphatic rings. The maximum Gasteiger partial charge on any atom is 0.147 e. The number of aliphatic hydroxyl groups is 1. The summed E-state index contributed by atoms with van der Waals surface area (Å²) in [5.41, 5.74) is -0.518. The van der Waals surface area contributed by atoms with E-state index in [1.165, 1.54) is 12.3 Å². The number of hydrogen-bond donors (Lipinski definition) is 1. The topological polar surface area (TPSA) is 51.6 Å². The molecular weight excluding hydrogens is 237 g/mol. The molecule has 1 N–H and O–H groups in total. The summed E-state index contributed by atoms with van der Waals surface area (Å²) in [5, 5.41) is 10.5. The highest BCUT2D eigenvalue weighted by molar-refractivity contribution is 5.19. The van der Waals surface area contributed by atoms with Gasteiger partial charge in [-0.25, -0.2) is 4.39 Å². The Kier molecular flexibility index (Phi) is 4.27. The van der Waals surface area contributed by atoms with Gasteiger partial charge in [0.1, 0.15) is 17.5 Å². The molecular formula is C13H18FNO3. The lowest BCUT2D eigenvalue weighted by atomic mass is 9.84. The lowest BCUT2D eigenvalue weighted by Gasteiger charge is -2.40. The monoisotopic (exact) mass is 255 g/mol. The van der Waals surface area contributed by atoms with E-state index in [0.717, 1.165) is 6.20 Å². The van der Waals surface area contributed by atoms with Crippen LogP contribution in [0.15, 0.2) is 18.5 Å². The average molecular weight is 255 g/mol. The summed E-state index contributed by atoms with van der Waals surface area (Å²) in [4.78, 5) is 3.69. The first-order valence-corrected chi connectivity index (χ1v) is 6.19. The minimum Gasteiger partial charge on any atom is -0.385 e. The van der Waals surface area contributed by atoms with E-state index in [1.54, 1.807) is 0 Å². The molecule has 1 unspecified atom stereocenters. The highest BCUT2D eigenvalue weighted by Gasteiger charge is 2.42. The van der Waals surface area contributed by atoms with Gasteiger partial charge in [0.25, 0.3) is 0 Å². The zero-order valence-electron chi connectivity index (χ0n) is 10.4. The van der Waals surface area contributed by atoms with Crippen LogP contribution in [0.4, 0.5) is 4.39 Å². The maximum atomic E-state index is 13.7. The first-order valence-electron chi connectivity index (χ1n) is 6.19. The van der Waals surface area contributed by atoms with Crippen LogP contribution in [0, 0.1) is 5.82 Å². The molecule has 0 spiro atoms. The highest BCUT2D eigenvalue weighted by Crippen LogP contribution is 2.38. The second-order valence-corrected chi connectivity index (χ2v) is 4.41. The van der Waals surface area contributed by atoms with Crippen molar-refractivity contribution in [3.63, 3.8) is 0 Å². The fourth-order valence-electron chi connectivity index (χ4n) is 2.39. The molecule has 1 saturated heterocycles. The standard InChI is InChI=1S/C13H18FNO3/c1-2-18-13(4-7-17-8-5-13)12(16)10-3-6-15-9-11(10)14/h3,6,9,12,16H,2,4-5,7-8H2,1H3. The molecule has 2 rings (SSSR count). The van der Waals surface area contributed by atoms with Crippen LogP contribution in [-0.2, 0) is 9.47 Å². The Bertz CT molecular complexity index is 388. The minimum atomic E-state index is -0.996. The summed E-state index contributed by atoms with van der Waals surface area (Å²) in [6.07, 6.45) is 2.70. The van der Waals surface area contributed by atoms with Crippen LogP contribution < -0.4 is 0 Å². The molecule has 5 heteroatoms. The van der Waals surface area contributed by atoms with Crippen LogP contribution in [0.2, 0.25) is 0 Å². The number of nitrogens with zero attached hydrogens (tertiary/aromatic N) is 1. The van der Waals surface area contributed by atoms with Gasteiger partial charge in [-0.1, -0.05) is 0 Å².